The van der Waals surface area contributed by atoms with Gasteiger partial charge in [0.15, 0.2) is 0 Å². The highest BCUT2D eigenvalue weighted by atomic mass is 32.1. The minimum absolute atomic E-state index is 0.0482. The van der Waals surface area contributed by atoms with E-state index >= 15 is 0 Å². The van der Waals surface area contributed by atoms with E-state index in [0.29, 0.717) is 29.1 Å². The average molecular weight is 469 g/mol. The second-order valence-corrected chi connectivity index (χ2v) is 8.96. The molecule has 4 N–H and O–H groups in total. The number of aromatic nitrogens is 4. The van der Waals surface area contributed by atoms with Crippen LogP contribution in [0.2, 0.25) is 0 Å². The van der Waals surface area contributed by atoms with Crippen LogP contribution in [0.4, 0.5) is 24.9 Å². The van der Waals surface area contributed by atoms with E-state index in [0.717, 1.165) is 15.9 Å². The zero-order valence-corrected chi connectivity index (χ0v) is 18.3. The number of nitrogens with zero attached hydrogens (tertiary/aromatic N) is 4. The molecule has 1 fully saturated rings. The Hall–Kier alpha value is -2.57. The minimum atomic E-state index is -4.42. The van der Waals surface area contributed by atoms with Gasteiger partial charge in [-0.1, -0.05) is 0 Å². The van der Waals surface area contributed by atoms with Crippen LogP contribution in [-0.2, 0) is 0 Å². The number of rotatable bonds is 6. The summed E-state index contributed by atoms with van der Waals surface area (Å²) >= 11 is 1.41. The van der Waals surface area contributed by atoms with Crippen LogP contribution in [-0.4, -0.2) is 61.6 Å². The average Bonchev–Trinajstić information content (AvgIpc) is 3.30. The number of aryl methyl sites for hydroxylation is 2. The van der Waals surface area contributed by atoms with E-state index in [1.165, 1.54) is 11.3 Å². The van der Waals surface area contributed by atoms with Crippen molar-refractivity contribution >= 4 is 33.3 Å². The molecule has 0 saturated heterocycles. The number of hydrogen-bond donors (Lipinski definition) is 4. The summed E-state index contributed by atoms with van der Waals surface area (Å²) in [6, 6.07) is 1.44. The highest BCUT2D eigenvalue weighted by Gasteiger charge is 2.34. The maximum Gasteiger partial charge on any atom is 0.405 e. The van der Waals surface area contributed by atoms with Crippen LogP contribution in [0.25, 0.3) is 20.8 Å². The Morgan fingerprint density at radius 3 is 2.59 bits per heavy atom. The monoisotopic (exact) mass is 468 g/mol. The lowest BCUT2D eigenvalue weighted by Crippen LogP contribution is -2.29. The summed E-state index contributed by atoms with van der Waals surface area (Å²) in [6.07, 6.45) is -2.51. The van der Waals surface area contributed by atoms with Crippen molar-refractivity contribution in [3.8, 4) is 10.6 Å². The first-order chi connectivity index (χ1) is 15.1. The summed E-state index contributed by atoms with van der Waals surface area (Å²) in [5, 5.41) is 25.9. The van der Waals surface area contributed by atoms with Gasteiger partial charge in [-0.2, -0.15) is 18.2 Å². The molecule has 0 aromatic carbocycles. The van der Waals surface area contributed by atoms with Gasteiger partial charge in [-0.05, 0) is 38.7 Å². The molecule has 8 nitrogen and oxygen atoms in total. The standard InChI is InChI=1S/C20H23F3N6O2S/c1-9-15(18-28-16-10(2)24-4-3-14(16)32-18)17(27-12-5-11(7-30)6-13(12)31)29-19(26-9)25-8-20(21,22)23/h3-4,11-13,30-31H,5-8H2,1-2H3,(H2,25,26,27,29)/t11-,12+,13+/m0/s1. The third-order valence-electron chi connectivity index (χ3n) is 5.45. The Balaban J connectivity index is 1.75. The second kappa shape index (κ2) is 8.75. The zero-order valence-electron chi connectivity index (χ0n) is 17.4. The molecule has 1 aliphatic rings. The highest BCUT2D eigenvalue weighted by Crippen LogP contribution is 2.38. The molecule has 0 spiro atoms. The molecule has 3 aromatic heterocycles. The molecule has 3 atom stereocenters. The molecule has 0 aliphatic heterocycles. The Morgan fingerprint density at radius 2 is 1.94 bits per heavy atom. The molecule has 4 rings (SSSR count). The van der Waals surface area contributed by atoms with Gasteiger partial charge in [0.1, 0.15) is 22.9 Å². The van der Waals surface area contributed by atoms with Gasteiger partial charge in [-0.25, -0.2) is 9.97 Å². The van der Waals surface area contributed by atoms with E-state index in [9.17, 15) is 23.4 Å². The predicted octanol–water partition coefficient (Wildman–Crippen LogP) is 3.28. The van der Waals surface area contributed by atoms with Crippen molar-refractivity contribution in [2.24, 2.45) is 5.92 Å². The maximum absolute atomic E-state index is 12.7. The minimum Gasteiger partial charge on any atom is -0.396 e. The van der Waals surface area contributed by atoms with E-state index in [1.54, 1.807) is 13.1 Å². The SMILES string of the molecule is Cc1nc(NCC(F)(F)F)nc(N[C@@H]2C[C@H](CO)C[C@H]2O)c1-c1nc2c(C)nccc2s1. The van der Waals surface area contributed by atoms with Crippen molar-refractivity contribution in [2.75, 3.05) is 23.8 Å². The van der Waals surface area contributed by atoms with Gasteiger partial charge in [-0.15, -0.1) is 11.3 Å². The first-order valence-electron chi connectivity index (χ1n) is 10.1. The summed E-state index contributed by atoms with van der Waals surface area (Å²) in [6.45, 7) is 2.21. The fourth-order valence-electron chi connectivity index (χ4n) is 3.88. The number of pyridine rings is 1. The summed E-state index contributed by atoms with van der Waals surface area (Å²) in [4.78, 5) is 17.4. The number of halogens is 3. The van der Waals surface area contributed by atoms with Crippen molar-refractivity contribution in [2.45, 2.75) is 45.0 Å². The van der Waals surface area contributed by atoms with E-state index in [4.69, 9.17) is 0 Å². The van der Waals surface area contributed by atoms with Gasteiger partial charge in [0.2, 0.25) is 5.95 Å². The van der Waals surface area contributed by atoms with Crippen molar-refractivity contribution in [3.63, 3.8) is 0 Å². The number of hydrogen-bond acceptors (Lipinski definition) is 9. The lowest BCUT2D eigenvalue weighted by Gasteiger charge is -2.20. The van der Waals surface area contributed by atoms with Crippen molar-refractivity contribution in [3.05, 3.63) is 23.7 Å². The number of thiazole rings is 1. The lowest BCUT2D eigenvalue weighted by molar-refractivity contribution is -0.115. The molecule has 0 bridgehead atoms. The number of nitrogens with one attached hydrogen (secondary N) is 2. The summed E-state index contributed by atoms with van der Waals surface area (Å²) in [5.74, 6) is 0.0543. The van der Waals surface area contributed by atoms with Crippen molar-refractivity contribution < 1.29 is 23.4 Å². The Kier molecular flexibility index (Phi) is 6.19. The summed E-state index contributed by atoms with van der Waals surface area (Å²) < 4.78 is 39.0. The quantitative estimate of drug-likeness (QED) is 0.436. The number of anilines is 2. The Bertz CT molecular complexity index is 1120. The molecule has 1 saturated carbocycles. The lowest BCUT2D eigenvalue weighted by atomic mass is 10.1. The topological polar surface area (TPSA) is 116 Å². The first kappa shape index (κ1) is 22.6. The maximum atomic E-state index is 12.7. The molecule has 0 amide bonds. The van der Waals surface area contributed by atoms with Gasteiger partial charge in [0, 0.05) is 12.8 Å². The van der Waals surface area contributed by atoms with Crippen LogP contribution in [0.15, 0.2) is 12.3 Å². The van der Waals surface area contributed by atoms with E-state index in [2.05, 4.69) is 30.6 Å². The van der Waals surface area contributed by atoms with Crippen LogP contribution >= 0.6 is 11.3 Å². The van der Waals surface area contributed by atoms with E-state index in [-0.39, 0.29) is 24.3 Å². The molecule has 172 valence electrons. The molecule has 3 heterocycles. The Morgan fingerprint density at radius 1 is 1.16 bits per heavy atom. The molecule has 12 heteroatoms. The summed E-state index contributed by atoms with van der Waals surface area (Å²) in [5.41, 5.74) is 2.50. The van der Waals surface area contributed by atoms with Crippen LogP contribution < -0.4 is 10.6 Å². The second-order valence-electron chi connectivity index (χ2n) is 7.93. The third-order valence-corrected chi connectivity index (χ3v) is 6.49. The van der Waals surface area contributed by atoms with Gasteiger partial charge >= 0.3 is 6.18 Å². The smallest absolute Gasteiger partial charge is 0.396 e. The third kappa shape index (κ3) is 4.76. The normalized spacial score (nSPS) is 21.3. The van der Waals surface area contributed by atoms with E-state index in [1.807, 2.05) is 13.0 Å². The molecular formula is C20H23F3N6O2S. The predicted molar refractivity (Wildman–Crippen MR) is 116 cm³/mol. The van der Waals surface area contributed by atoms with Crippen LogP contribution in [0.5, 0.6) is 0 Å². The van der Waals surface area contributed by atoms with Gasteiger partial charge < -0.3 is 20.8 Å². The molecule has 0 radical (unpaired) electrons. The molecule has 0 unspecified atom stereocenters. The fraction of sp³-hybridized carbons (Fsp3) is 0.500. The molecule has 32 heavy (non-hydrogen) atoms. The molecule has 1 aliphatic carbocycles. The van der Waals surface area contributed by atoms with E-state index < -0.39 is 24.9 Å². The van der Waals surface area contributed by atoms with Crippen LogP contribution in [0, 0.1) is 19.8 Å². The first-order valence-corrected chi connectivity index (χ1v) is 10.9. The number of aliphatic hydroxyl groups excluding tert-OH is 2. The molecular weight excluding hydrogens is 445 g/mol. The van der Waals surface area contributed by atoms with Crippen LogP contribution in [0.3, 0.4) is 0 Å². The zero-order chi connectivity index (χ0) is 23.0. The fourth-order valence-corrected chi connectivity index (χ4v) is 4.99. The van der Waals surface area contributed by atoms with Gasteiger partial charge in [0.25, 0.3) is 0 Å². The largest absolute Gasteiger partial charge is 0.405 e. The van der Waals surface area contributed by atoms with Gasteiger partial charge in [-0.3, -0.25) is 4.98 Å². The number of alkyl halides is 3. The molecule has 3 aromatic rings. The van der Waals surface area contributed by atoms with Gasteiger partial charge in [0.05, 0.1) is 33.8 Å². The highest BCUT2D eigenvalue weighted by molar-refractivity contribution is 7.21. The Labute approximate surface area is 186 Å². The summed E-state index contributed by atoms with van der Waals surface area (Å²) in [7, 11) is 0. The van der Waals surface area contributed by atoms with Crippen molar-refractivity contribution in [1.82, 2.24) is 19.9 Å². The van der Waals surface area contributed by atoms with Crippen LogP contribution in [0.1, 0.15) is 24.2 Å². The van der Waals surface area contributed by atoms with Crippen molar-refractivity contribution in [1.29, 1.82) is 0 Å². The number of aliphatic hydroxyl groups is 2. The number of fused-ring (bicyclic) bond motifs is 1.